The van der Waals surface area contributed by atoms with Crippen molar-refractivity contribution in [3.63, 3.8) is 0 Å². The van der Waals surface area contributed by atoms with E-state index in [4.69, 9.17) is 9.59 Å². The third-order valence-corrected chi connectivity index (χ3v) is 0. The van der Waals surface area contributed by atoms with Gasteiger partial charge in [-0.05, 0) is 0 Å². The molecule has 0 aromatic heterocycles. The molecule has 0 atom stereocenters. The van der Waals surface area contributed by atoms with Gasteiger partial charge in [0.2, 0.25) is 0 Å². The van der Waals surface area contributed by atoms with Crippen LogP contribution in [0.4, 0.5) is 0 Å². The van der Waals surface area contributed by atoms with Crippen LogP contribution in [-0.4, -0.2) is 12.6 Å². The zero-order valence-electron chi connectivity index (χ0n) is 4.15. The summed E-state index contributed by atoms with van der Waals surface area (Å²) in [7, 11) is 0. The van der Waals surface area contributed by atoms with E-state index in [1.807, 2.05) is 0 Å². The van der Waals surface area contributed by atoms with Crippen LogP contribution in [0.5, 0.6) is 0 Å². The van der Waals surface area contributed by atoms with Crippen LogP contribution in [-0.2, 0) is 29.7 Å². The summed E-state index contributed by atoms with van der Waals surface area (Å²) in [4.78, 5) is 17.4. The maximum absolute atomic E-state index is 8.68. The average molecular weight is 278 g/mol. The molecule has 0 spiro atoms. The molecule has 0 aliphatic carbocycles. The van der Waals surface area contributed by atoms with E-state index in [9.17, 15) is 0 Å². The zero-order valence-corrected chi connectivity index (χ0v) is 6.54. The first-order chi connectivity index (χ1) is 2.83. The van der Waals surface area contributed by atoms with Crippen LogP contribution in [0.15, 0.2) is 0 Å². The number of rotatable bonds is 0. The summed E-state index contributed by atoms with van der Waals surface area (Å²) in [6.07, 6.45) is 3.00. The van der Waals surface area contributed by atoms with Crippen molar-refractivity contribution < 1.29 is 29.7 Å². The van der Waals surface area contributed by atoms with Crippen LogP contribution in [0, 0.1) is 0 Å². The molecule has 0 bridgehead atoms. The van der Waals surface area contributed by atoms with Crippen molar-refractivity contribution in [2.24, 2.45) is 0 Å². The molecule has 0 aliphatic heterocycles. The van der Waals surface area contributed by atoms with Crippen molar-refractivity contribution in [1.82, 2.24) is 0 Å². The molecule has 0 aromatic rings. The Morgan fingerprint density at radius 1 is 1.00 bits per heavy atom. The number of hydrogen-bond acceptors (Lipinski definition) is 2. The van der Waals surface area contributed by atoms with Crippen molar-refractivity contribution in [3.8, 4) is 0 Å². The second-order valence-electron chi connectivity index (χ2n) is 0.408. The van der Waals surface area contributed by atoms with Crippen LogP contribution in [0.1, 0.15) is 13.8 Å². The molecule has 1 radical (unpaired) electrons. The molecule has 0 saturated carbocycles. The minimum Gasteiger partial charge on any atom is -0.542 e. The van der Waals surface area contributed by atoms with E-state index in [0.717, 1.165) is 0 Å². The predicted molar refractivity (Wildman–Crippen MR) is 22.7 cm³/mol. The number of hydrogen-bond donors (Lipinski definition) is 0. The Hall–Kier alpha value is -0.0106. The molecule has 0 rings (SSSR count). The average Bonchev–Trinajstić information content (AvgIpc) is 1.39. The Kier molecular flexibility index (Phi) is 84.8. The van der Waals surface area contributed by atoms with Crippen LogP contribution in [0.2, 0.25) is 0 Å². The molecule has 0 heterocycles. The van der Waals surface area contributed by atoms with E-state index in [2.05, 4.69) is 0 Å². The normalized spacial score (nSPS) is 3.71. The molecule has 2 nitrogen and oxygen atoms in total. The Balaban J connectivity index is -0.0000000400. The van der Waals surface area contributed by atoms with Gasteiger partial charge in [0, 0.05) is 20.1 Å². The molecule has 0 N–H and O–H groups in total. The molecule has 0 fully saturated rings. The SMILES string of the molecule is C[C-]=O.C[C-]=O.[Ir]. The van der Waals surface area contributed by atoms with Gasteiger partial charge in [-0.2, -0.15) is 13.8 Å². The van der Waals surface area contributed by atoms with Gasteiger partial charge in [0.1, 0.15) is 0 Å². The van der Waals surface area contributed by atoms with Gasteiger partial charge >= 0.3 is 0 Å². The smallest absolute Gasteiger partial charge is 0 e. The molecule has 0 unspecified atom stereocenters. The first-order valence-corrected chi connectivity index (χ1v) is 1.41. The largest absolute Gasteiger partial charge is 0.542 e. The predicted octanol–water partition coefficient (Wildman–Crippen LogP) is 0.230. The van der Waals surface area contributed by atoms with E-state index in [-0.39, 0.29) is 20.1 Å². The van der Waals surface area contributed by atoms with Crippen LogP contribution >= 0.6 is 0 Å². The third kappa shape index (κ3) is 841000. The fourth-order valence-electron chi connectivity index (χ4n) is 0. The Morgan fingerprint density at radius 3 is 1.00 bits per heavy atom. The molecule has 0 saturated heterocycles. The zero-order chi connectivity index (χ0) is 5.41. The van der Waals surface area contributed by atoms with E-state index in [0.29, 0.717) is 0 Å². The minimum atomic E-state index is 0. The molecule has 3 heteroatoms. The van der Waals surface area contributed by atoms with Gasteiger partial charge in [0.25, 0.3) is 0 Å². The Bertz CT molecular complexity index is 30.7. The fraction of sp³-hybridized carbons (Fsp3) is 0.500. The summed E-state index contributed by atoms with van der Waals surface area (Å²) in [6, 6.07) is 0. The van der Waals surface area contributed by atoms with E-state index >= 15 is 0 Å². The molecular weight excluding hydrogens is 272 g/mol. The Morgan fingerprint density at radius 2 is 1.00 bits per heavy atom. The van der Waals surface area contributed by atoms with Gasteiger partial charge in [-0.1, -0.05) is 0 Å². The quantitative estimate of drug-likeness (QED) is 0.594. The van der Waals surface area contributed by atoms with Crippen LogP contribution < -0.4 is 0 Å². The molecule has 0 aromatic carbocycles. The summed E-state index contributed by atoms with van der Waals surface area (Å²) in [5, 5.41) is 0. The minimum absolute atomic E-state index is 0. The first kappa shape index (κ1) is 15.8. The summed E-state index contributed by atoms with van der Waals surface area (Å²) < 4.78 is 0. The third-order valence-electron chi connectivity index (χ3n) is 0. The van der Waals surface area contributed by atoms with Crippen molar-refractivity contribution in [2.45, 2.75) is 13.8 Å². The topological polar surface area (TPSA) is 34.1 Å². The molecule has 0 aliphatic rings. The van der Waals surface area contributed by atoms with Gasteiger partial charge in [-0.15, -0.1) is 0 Å². The maximum atomic E-state index is 8.68. The molecule has 45 valence electrons. The summed E-state index contributed by atoms with van der Waals surface area (Å²) in [5.74, 6) is 0. The summed E-state index contributed by atoms with van der Waals surface area (Å²) in [5.41, 5.74) is 0. The van der Waals surface area contributed by atoms with Gasteiger partial charge in [-0.3, -0.25) is 12.6 Å². The molecular formula is C4H6IrO2-2. The summed E-state index contributed by atoms with van der Waals surface area (Å²) >= 11 is 0. The monoisotopic (exact) mass is 279 g/mol. The van der Waals surface area contributed by atoms with Crippen molar-refractivity contribution in [1.29, 1.82) is 0 Å². The van der Waals surface area contributed by atoms with E-state index in [1.165, 1.54) is 26.4 Å². The standard InChI is InChI=1S/2C2H3O.Ir/c2*1-2-3;/h2*1H3;/q2*-1;. The molecule has 0 amide bonds. The van der Waals surface area contributed by atoms with Gasteiger partial charge in [0.15, 0.2) is 0 Å². The fourth-order valence-corrected chi connectivity index (χ4v) is 0. The van der Waals surface area contributed by atoms with Crippen LogP contribution in [0.3, 0.4) is 0 Å². The second-order valence-corrected chi connectivity index (χ2v) is 0.408. The number of carbonyl (C=O) groups excluding carboxylic acids is 2. The van der Waals surface area contributed by atoms with Crippen LogP contribution in [0.25, 0.3) is 0 Å². The maximum Gasteiger partial charge on any atom is 0 e. The summed E-state index contributed by atoms with van der Waals surface area (Å²) in [6.45, 7) is 2.64. The first-order valence-electron chi connectivity index (χ1n) is 1.41. The van der Waals surface area contributed by atoms with Crippen molar-refractivity contribution in [2.75, 3.05) is 0 Å². The van der Waals surface area contributed by atoms with Gasteiger partial charge < -0.3 is 9.59 Å². The van der Waals surface area contributed by atoms with Gasteiger partial charge in [-0.25, -0.2) is 0 Å². The van der Waals surface area contributed by atoms with Crippen molar-refractivity contribution >= 4 is 12.6 Å². The second kappa shape index (κ2) is 37.7. The Labute approximate surface area is 56.6 Å². The van der Waals surface area contributed by atoms with Crippen molar-refractivity contribution in [3.05, 3.63) is 0 Å². The van der Waals surface area contributed by atoms with Gasteiger partial charge in [0.05, 0.1) is 0 Å². The van der Waals surface area contributed by atoms with E-state index in [1.54, 1.807) is 0 Å². The molecule has 7 heavy (non-hydrogen) atoms. The van der Waals surface area contributed by atoms with E-state index < -0.39 is 0 Å².